The summed E-state index contributed by atoms with van der Waals surface area (Å²) >= 11 is 3.21. The van der Waals surface area contributed by atoms with Crippen molar-refractivity contribution < 1.29 is 13.9 Å². The molecule has 2 rings (SSSR count). The van der Waals surface area contributed by atoms with E-state index in [0.29, 0.717) is 29.6 Å². The molecule has 0 saturated carbocycles. The van der Waals surface area contributed by atoms with Gasteiger partial charge in [0.1, 0.15) is 11.6 Å². The first kappa shape index (κ1) is 17.5. The molecule has 0 aliphatic carbocycles. The highest BCUT2D eigenvalue weighted by molar-refractivity contribution is 9.10. The van der Waals surface area contributed by atoms with Crippen molar-refractivity contribution in [2.24, 2.45) is 0 Å². The summed E-state index contributed by atoms with van der Waals surface area (Å²) < 4.78 is 19.9. The summed E-state index contributed by atoms with van der Waals surface area (Å²) in [5.41, 5.74) is 0.552. The van der Waals surface area contributed by atoms with E-state index in [1.807, 2.05) is 30.3 Å². The third-order valence-corrected chi connectivity index (χ3v) is 3.78. The molecule has 0 aromatic heterocycles. The summed E-state index contributed by atoms with van der Waals surface area (Å²) in [7, 11) is 0. The molecule has 0 aliphatic heterocycles. The van der Waals surface area contributed by atoms with Gasteiger partial charge in [0, 0.05) is 17.4 Å². The fraction of sp³-hybridized carbons (Fsp3) is 0.278. The van der Waals surface area contributed by atoms with E-state index in [1.54, 1.807) is 12.1 Å². The molecule has 3 nitrogen and oxygen atoms in total. The van der Waals surface area contributed by atoms with Crippen LogP contribution in [-0.4, -0.2) is 19.1 Å². The molecular weight excluding hydrogens is 361 g/mol. The van der Waals surface area contributed by atoms with Gasteiger partial charge in [-0.25, -0.2) is 4.39 Å². The zero-order valence-electron chi connectivity index (χ0n) is 12.7. The van der Waals surface area contributed by atoms with Crippen LogP contribution in [0, 0.1) is 5.82 Å². The van der Waals surface area contributed by atoms with Gasteiger partial charge in [-0.15, -0.1) is 0 Å². The predicted octanol–water partition coefficient (Wildman–Crippen LogP) is 4.11. The number of carbonyl (C=O) groups excluding carboxylic acids is 1. The molecule has 122 valence electrons. The molecule has 0 fully saturated rings. The SMILES string of the molecule is O=C(CCc1ccc(Br)cc1F)NCCCOc1ccccc1. The van der Waals surface area contributed by atoms with Gasteiger partial charge >= 0.3 is 0 Å². The second-order valence-electron chi connectivity index (χ2n) is 5.10. The first-order chi connectivity index (χ1) is 11.1. The Labute approximate surface area is 144 Å². The minimum absolute atomic E-state index is 0.0768. The van der Waals surface area contributed by atoms with Crippen molar-refractivity contribution >= 4 is 21.8 Å². The Morgan fingerprint density at radius 1 is 1.17 bits per heavy atom. The summed E-state index contributed by atoms with van der Waals surface area (Å²) in [6.45, 7) is 1.10. The zero-order chi connectivity index (χ0) is 16.5. The van der Waals surface area contributed by atoms with Crippen LogP contribution in [0.25, 0.3) is 0 Å². The lowest BCUT2D eigenvalue weighted by Gasteiger charge is -2.08. The van der Waals surface area contributed by atoms with Crippen molar-refractivity contribution in [2.45, 2.75) is 19.3 Å². The quantitative estimate of drug-likeness (QED) is 0.701. The molecule has 0 aliphatic rings. The second-order valence-corrected chi connectivity index (χ2v) is 6.02. The molecule has 0 atom stereocenters. The first-order valence-corrected chi connectivity index (χ1v) is 8.33. The second kappa shape index (κ2) is 9.30. The van der Waals surface area contributed by atoms with E-state index < -0.39 is 0 Å². The fourth-order valence-electron chi connectivity index (χ4n) is 2.07. The van der Waals surface area contributed by atoms with Gasteiger partial charge in [-0.3, -0.25) is 4.79 Å². The number of hydrogen-bond donors (Lipinski definition) is 1. The van der Waals surface area contributed by atoms with Crippen LogP contribution in [0.5, 0.6) is 5.75 Å². The molecular formula is C18H19BrFNO2. The van der Waals surface area contributed by atoms with Gasteiger partial charge in [0.05, 0.1) is 6.61 Å². The smallest absolute Gasteiger partial charge is 0.220 e. The maximum absolute atomic E-state index is 13.6. The Morgan fingerprint density at radius 2 is 1.96 bits per heavy atom. The molecule has 0 spiro atoms. The molecule has 0 bridgehead atoms. The Morgan fingerprint density at radius 3 is 2.70 bits per heavy atom. The van der Waals surface area contributed by atoms with E-state index in [0.717, 1.165) is 12.2 Å². The zero-order valence-corrected chi connectivity index (χ0v) is 14.3. The summed E-state index contributed by atoms with van der Waals surface area (Å²) in [4.78, 5) is 11.7. The highest BCUT2D eigenvalue weighted by Crippen LogP contribution is 2.16. The number of ether oxygens (including phenoxy) is 1. The van der Waals surface area contributed by atoms with Gasteiger partial charge in [-0.1, -0.05) is 40.2 Å². The van der Waals surface area contributed by atoms with Gasteiger partial charge in [-0.05, 0) is 42.7 Å². The number of benzene rings is 2. The largest absolute Gasteiger partial charge is 0.494 e. The van der Waals surface area contributed by atoms with Gasteiger partial charge in [0.15, 0.2) is 0 Å². The van der Waals surface area contributed by atoms with Gasteiger partial charge in [0.25, 0.3) is 0 Å². The van der Waals surface area contributed by atoms with E-state index >= 15 is 0 Å². The number of halogens is 2. The predicted molar refractivity (Wildman–Crippen MR) is 92.0 cm³/mol. The van der Waals surface area contributed by atoms with E-state index in [4.69, 9.17) is 4.74 Å². The molecule has 23 heavy (non-hydrogen) atoms. The van der Waals surface area contributed by atoms with Crippen molar-refractivity contribution in [1.82, 2.24) is 5.32 Å². The maximum Gasteiger partial charge on any atom is 0.220 e. The van der Waals surface area contributed by atoms with Crippen LogP contribution in [0.4, 0.5) is 4.39 Å². The standard InChI is InChI=1S/C18H19BrFNO2/c19-15-9-7-14(17(20)13-15)8-10-18(22)21-11-4-12-23-16-5-2-1-3-6-16/h1-3,5-7,9,13H,4,8,10-12H2,(H,21,22). The summed E-state index contributed by atoms with van der Waals surface area (Å²) in [6.07, 6.45) is 1.40. The molecule has 5 heteroatoms. The van der Waals surface area contributed by atoms with Crippen molar-refractivity contribution in [3.05, 3.63) is 64.4 Å². The molecule has 0 heterocycles. The number of carbonyl (C=O) groups is 1. The van der Waals surface area contributed by atoms with Crippen LogP contribution in [-0.2, 0) is 11.2 Å². The van der Waals surface area contributed by atoms with Crippen molar-refractivity contribution in [1.29, 1.82) is 0 Å². The van der Waals surface area contributed by atoms with E-state index in [9.17, 15) is 9.18 Å². The third kappa shape index (κ3) is 6.40. The number of amides is 1. The number of hydrogen-bond acceptors (Lipinski definition) is 2. The van der Waals surface area contributed by atoms with E-state index in [-0.39, 0.29) is 18.1 Å². The van der Waals surface area contributed by atoms with Crippen LogP contribution in [0.1, 0.15) is 18.4 Å². The average Bonchev–Trinajstić information content (AvgIpc) is 2.54. The van der Waals surface area contributed by atoms with Crippen LogP contribution < -0.4 is 10.1 Å². The number of nitrogens with one attached hydrogen (secondary N) is 1. The maximum atomic E-state index is 13.6. The van der Waals surface area contributed by atoms with Gasteiger partial charge < -0.3 is 10.1 Å². The summed E-state index contributed by atoms with van der Waals surface area (Å²) in [5, 5.41) is 2.82. The van der Waals surface area contributed by atoms with E-state index in [1.165, 1.54) is 6.07 Å². The van der Waals surface area contributed by atoms with E-state index in [2.05, 4.69) is 21.2 Å². The Balaban J connectivity index is 1.60. The van der Waals surface area contributed by atoms with Crippen molar-refractivity contribution in [3.8, 4) is 5.75 Å². The molecule has 2 aromatic rings. The molecule has 0 saturated heterocycles. The van der Waals surface area contributed by atoms with Crippen LogP contribution >= 0.6 is 15.9 Å². The van der Waals surface area contributed by atoms with Crippen LogP contribution in [0.3, 0.4) is 0 Å². The normalized spacial score (nSPS) is 10.3. The summed E-state index contributed by atoms with van der Waals surface area (Å²) in [5.74, 6) is 0.458. The minimum Gasteiger partial charge on any atom is -0.494 e. The van der Waals surface area contributed by atoms with Crippen molar-refractivity contribution in [3.63, 3.8) is 0 Å². The van der Waals surface area contributed by atoms with Crippen LogP contribution in [0.15, 0.2) is 53.0 Å². The third-order valence-electron chi connectivity index (χ3n) is 3.29. The lowest BCUT2D eigenvalue weighted by Crippen LogP contribution is -2.25. The topological polar surface area (TPSA) is 38.3 Å². The Kier molecular flexibility index (Phi) is 7.07. The monoisotopic (exact) mass is 379 g/mol. The number of para-hydroxylation sites is 1. The highest BCUT2D eigenvalue weighted by Gasteiger charge is 2.06. The first-order valence-electron chi connectivity index (χ1n) is 7.53. The molecule has 0 radical (unpaired) electrons. The Bertz CT molecular complexity index is 634. The van der Waals surface area contributed by atoms with Crippen molar-refractivity contribution in [2.75, 3.05) is 13.2 Å². The van der Waals surface area contributed by atoms with Gasteiger partial charge in [0.2, 0.25) is 5.91 Å². The van der Waals surface area contributed by atoms with Gasteiger partial charge in [-0.2, -0.15) is 0 Å². The fourth-order valence-corrected chi connectivity index (χ4v) is 2.40. The van der Waals surface area contributed by atoms with Crippen LogP contribution in [0.2, 0.25) is 0 Å². The lowest BCUT2D eigenvalue weighted by atomic mass is 10.1. The highest BCUT2D eigenvalue weighted by atomic mass is 79.9. The summed E-state index contributed by atoms with van der Waals surface area (Å²) in [6, 6.07) is 14.4. The molecule has 2 aromatic carbocycles. The number of aryl methyl sites for hydroxylation is 1. The lowest BCUT2D eigenvalue weighted by molar-refractivity contribution is -0.121. The molecule has 0 unspecified atom stereocenters. The molecule has 1 N–H and O–H groups in total. The average molecular weight is 380 g/mol. The minimum atomic E-state index is -0.288. The number of rotatable bonds is 8. The molecule has 1 amide bonds. The Hall–Kier alpha value is -1.88.